The number of nitrogens with zero attached hydrogens (tertiary/aromatic N) is 1. The number of halogens is 1. The number of nitrogens with two attached hydrogens (primary N) is 1. The van der Waals surface area contributed by atoms with Gasteiger partial charge in [0, 0.05) is 15.8 Å². The van der Waals surface area contributed by atoms with E-state index in [2.05, 4.69) is 6.07 Å². The van der Waals surface area contributed by atoms with E-state index in [0.717, 1.165) is 9.77 Å². The summed E-state index contributed by atoms with van der Waals surface area (Å²) in [4.78, 5) is 12.1. The summed E-state index contributed by atoms with van der Waals surface area (Å²) >= 11 is 8.73. The molecule has 1 heterocycles. The van der Waals surface area contributed by atoms with E-state index in [1.165, 1.54) is 11.3 Å². The summed E-state index contributed by atoms with van der Waals surface area (Å²) in [5.74, 6) is -0.517. The second-order valence-corrected chi connectivity index (χ2v) is 7.92. The Bertz CT molecular complexity index is 715. The molecular weight excluding hydrogens is 324 g/mol. The Morgan fingerprint density at radius 3 is 2.48 bits per heavy atom. The number of thiophene rings is 1. The van der Waals surface area contributed by atoms with Gasteiger partial charge in [0.1, 0.15) is 10.9 Å². The Morgan fingerprint density at radius 2 is 2.00 bits per heavy atom. The molecule has 0 radical (unpaired) electrons. The zero-order chi connectivity index (χ0) is 15.6. The number of carbonyl (C=O) groups excluding carboxylic acids is 1. The molecule has 0 aliphatic carbocycles. The van der Waals surface area contributed by atoms with Crippen LogP contribution in [0.4, 0.5) is 0 Å². The van der Waals surface area contributed by atoms with Crippen LogP contribution in [0.15, 0.2) is 28.5 Å². The summed E-state index contributed by atoms with van der Waals surface area (Å²) < 4.78 is 0.825. The molecule has 0 bridgehead atoms. The SMILES string of the molecule is CC(C)Sc1sc(C(N)=O)c(-c2ccc(Cl)cc2)c1C#N. The van der Waals surface area contributed by atoms with Crippen molar-refractivity contribution in [3.63, 3.8) is 0 Å². The summed E-state index contributed by atoms with van der Waals surface area (Å²) in [6.07, 6.45) is 0. The molecule has 2 N–H and O–H groups in total. The quantitative estimate of drug-likeness (QED) is 0.833. The molecule has 0 saturated heterocycles. The number of hydrogen-bond acceptors (Lipinski definition) is 4. The molecule has 1 aromatic carbocycles. The Balaban J connectivity index is 2.67. The van der Waals surface area contributed by atoms with Gasteiger partial charge >= 0.3 is 0 Å². The van der Waals surface area contributed by atoms with Crippen molar-refractivity contribution in [3.8, 4) is 17.2 Å². The molecule has 3 nitrogen and oxygen atoms in total. The molecule has 108 valence electrons. The lowest BCUT2D eigenvalue weighted by atomic mass is 10.0. The second kappa shape index (κ2) is 6.52. The minimum absolute atomic E-state index is 0.314. The molecule has 0 fully saturated rings. The van der Waals surface area contributed by atoms with Crippen LogP contribution in [0.25, 0.3) is 11.1 Å². The molecule has 1 aromatic heterocycles. The van der Waals surface area contributed by atoms with E-state index in [4.69, 9.17) is 17.3 Å². The minimum Gasteiger partial charge on any atom is -0.365 e. The van der Waals surface area contributed by atoms with Gasteiger partial charge in [-0.2, -0.15) is 5.26 Å². The minimum atomic E-state index is -0.517. The van der Waals surface area contributed by atoms with E-state index in [1.54, 1.807) is 36.0 Å². The van der Waals surface area contributed by atoms with Crippen LogP contribution in [-0.2, 0) is 0 Å². The fourth-order valence-electron chi connectivity index (χ4n) is 1.87. The first-order valence-corrected chi connectivity index (χ1v) is 8.30. The Hall–Kier alpha value is -1.48. The maximum atomic E-state index is 11.7. The third-order valence-corrected chi connectivity index (χ3v) is 5.37. The van der Waals surface area contributed by atoms with E-state index < -0.39 is 5.91 Å². The van der Waals surface area contributed by atoms with Crippen LogP contribution in [-0.4, -0.2) is 11.2 Å². The lowest BCUT2D eigenvalue weighted by Gasteiger charge is -2.04. The van der Waals surface area contributed by atoms with Crippen LogP contribution in [0, 0.1) is 11.3 Å². The average molecular weight is 337 g/mol. The van der Waals surface area contributed by atoms with Gasteiger partial charge in [-0.1, -0.05) is 37.6 Å². The molecular formula is C15H13ClN2OS2. The topological polar surface area (TPSA) is 66.9 Å². The Kier molecular flexibility index (Phi) is 4.94. The number of carbonyl (C=O) groups is 1. The summed E-state index contributed by atoms with van der Waals surface area (Å²) in [6.45, 7) is 4.08. The highest BCUT2D eigenvalue weighted by Crippen LogP contribution is 2.42. The Labute approximate surface area is 136 Å². The van der Waals surface area contributed by atoms with Crippen molar-refractivity contribution in [2.45, 2.75) is 23.3 Å². The van der Waals surface area contributed by atoms with Crippen LogP contribution >= 0.6 is 34.7 Å². The van der Waals surface area contributed by atoms with Crippen molar-refractivity contribution in [2.24, 2.45) is 5.73 Å². The average Bonchev–Trinajstić information content (AvgIpc) is 2.77. The van der Waals surface area contributed by atoms with Crippen molar-refractivity contribution >= 4 is 40.6 Å². The molecule has 21 heavy (non-hydrogen) atoms. The van der Waals surface area contributed by atoms with Gasteiger partial charge in [0.25, 0.3) is 5.91 Å². The van der Waals surface area contributed by atoms with E-state index >= 15 is 0 Å². The number of primary amides is 1. The molecule has 6 heteroatoms. The fourth-order valence-corrected chi connectivity index (χ4v) is 4.57. The highest BCUT2D eigenvalue weighted by atomic mass is 35.5. The maximum absolute atomic E-state index is 11.7. The second-order valence-electron chi connectivity index (χ2n) is 4.62. The molecule has 2 aromatic rings. The van der Waals surface area contributed by atoms with E-state index in [0.29, 0.717) is 26.3 Å². The first-order valence-electron chi connectivity index (χ1n) is 6.23. The lowest BCUT2D eigenvalue weighted by molar-refractivity contribution is 0.100. The Morgan fingerprint density at radius 1 is 1.38 bits per heavy atom. The lowest BCUT2D eigenvalue weighted by Crippen LogP contribution is -2.10. The number of nitriles is 1. The van der Waals surface area contributed by atoms with Gasteiger partial charge in [-0.3, -0.25) is 4.79 Å². The molecule has 1 amide bonds. The normalized spacial score (nSPS) is 10.6. The molecule has 0 spiro atoms. The molecule has 0 unspecified atom stereocenters. The van der Waals surface area contributed by atoms with Crippen molar-refractivity contribution in [1.29, 1.82) is 5.26 Å². The monoisotopic (exact) mass is 336 g/mol. The number of hydrogen-bond donors (Lipinski definition) is 1. The van der Waals surface area contributed by atoms with E-state index in [1.807, 2.05) is 13.8 Å². The van der Waals surface area contributed by atoms with Gasteiger partial charge < -0.3 is 5.73 Å². The van der Waals surface area contributed by atoms with Gasteiger partial charge in [0.05, 0.1) is 9.77 Å². The van der Waals surface area contributed by atoms with Crippen LogP contribution in [0.3, 0.4) is 0 Å². The zero-order valence-electron chi connectivity index (χ0n) is 11.5. The number of thioether (sulfide) groups is 1. The summed E-state index contributed by atoms with van der Waals surface area (Å²) in [6, 6.07) is 9.26. The van der Waals surface area contributed by atoms with Crippen LogP contribution in [0.2, 0.25) is 5.02 Å². The predicted molar refractivity (Wildman–Crippen MR) is 89.0 cm³/mol. The fraction of sp³-hybridized carbons (Fsp3) is 0.200. The van der Waals surface area contributed by atoms with Crippen LogP contribution in [0.1, 0.15) is 29.1 Å². The van der Waals surface area contributed by atoms with Gasteiger partial charge in [-0.25, -0.2) is 0 Å². The van der Waals surface area contributed by atoms with Gasteiger partial charge in [-0.15, -0.1) is 23.1 Å². The largest absolute Gasteiger partial charge is 0.365 e. The molecule has 0 atom stereocenters. The zero-order valence-corrected chi connectivity index (χ0v) is 13.9. The summed E-state index contributed by atoms with van der Waals surface area (Å²) in [5.41, 5.74) is 7.37. The van der Waals surface area contributed by atoms with Crippen LogP contribution in [0.5, 0.6) is 0 Å². The molecule has 0 saturated carbocycles. The van der Waals surface area contributed by atoms with Gasteiger partial charge in [0.2, 0.25) is 0 Å². The van der Waals surface area contributed by atoms with Crippen molar-refractivity contribution in [3.05, 3.63) is 39.7 Å². The van der Waals surface area contributed by atoms with Crippen LogP contribution < -0.4 is 5.73 Å². The summed E-state index contributed by atoms with van der Waals surface area (Å²) in [5, 5.41) is 10.4. The standard InChI is InChI=1S/C15H13ClN2OS2/c1-8(2)20-15-11(7-17)12(13(21-15)14(18)19)9-3-5-10(16)6-4-9/h3-6,8H,1-2H3,(H2,18,19). The number of rotatable bonds is 4. The van der Waals surface area contributed by atoms with Crippen molar-refractivity contribution < 1.29 is 4.79 Å². The predicted octanol–water partition coefficient (Wildman–Crippen LogP) is 4.54. The highest BCUT2D eigenvalue weighted by molar-refractivity contribution is 8.01. The van der Waals surface area contributed by atoms with Crippen molar-refractivity contribution in [1.82, 2.24) is 0 Å². The molecule has 2 rings (SSSR count). The first kappa shape index (κ1) is 15.9. The number of benzene rings is 1. The maximum Gasteiger partial charge on any atom is 0.259 e. The smallest absolute Gasteiger partial charge is 0.259 e. The third-order valence-electron chi connectivity index (χ3n) is 2.69. The van der Waals surface area contributed by atoms with Gasteiger partial charge in [0.15, 0.2) is 0 Å². The van der Waals surface area contributed by atoms with E-state index in [9.17, 15) is 10.1 Å². The first-order chi connectivity index (χ1) is 9.93. The van der Waals surface area contributed by atoms with Gasteiger partial charge in [-0.05, 0) is 17.7 Å². The number of amides is 1. The van der Waals surface area contributed by atoms with Crippen molar-refractivity contribution in [2.75, 3.05) is 0 Å². The highest BCUT2D eigenvalue weighted by Gasteiger charge is 2.23. The van der Waals surface area contributed by atoms with E-state index in [-0.39, 0.29) is 0 Å². The molecule has 0 aliphatic heterocycles. The summed E-state index contributed by atoms with van der Waals surface area (Å²) in [7, 11) is 0. The molecule has 0 aliphatic rings. The third kappa shape index (κ3) is 3.41.